The van der Waals surface area contributed by atoms with Crippen LogP contribution in [0.5, 0.6) is 0 Å². The van der Waals surface area contributed by atoms with Gasteiger partial charge < -0.3 is 10.2 Å². The van der Waals surface area contributed by atoms with Gasteiger partial charge in [-0.25, -0.2) is 8.42 Å². The summed E-state index contributed by atoms with van der Waals surface area (Å²) >= 11 is 6.29. The zero-order valence-corrected chi connectivity index (χ0v) is 25.8. The summed E-state index contributed by atoms with van der Waals surface area (Å²) in [6, 6.07) is 15.6. The van der Waals surface area contributed by atoms with Crippen molar-refractivity contribution in [3.63, 3.8) is 0 Å². The molecule has 0 heterocycles. The van der Waals surface area contributed by atoms with Crippen molar-refractivity contribution in [3.8, 4) is 0 Å². The lowest BCUT2D eigenvalue weighted by Crippen LogP contribution is -2.52. The number of carbonyl (C=O) groups is 2. The highest BCUT2D eigenvalue weighted by Crippen LogP contribution is 2.37. The maximum Gasteiger partial charge on any atom is 0.416 e. The molecule has 43 heavy (non-hydrogen) atoms. The molecule has 0 aliphatic carbocycles. The molecule has 0 fully saturated rings. The van der Waals surface area contributed by atoms with Crippen molar-refractivity contribution in [2.45, 2.75) is 63.7 Å². The topological polar surface area (TPSA) is 86.8 Å². The maximum absolute atomic E-state index is 14.1. The summed E-state index contributed by atoms with van der Waals surface area (Å²) in [7, 11) is -4.58. The Labute approximate surface area is 255 Å². The van der Waals surface area contributed by atoms with E-state index in [9.17, 15) is 31.2 Å². The summed E-state index contributed by atoms with van der Waals surface area (Å²) in [5.74, 6) is -1.20. The molecule has 0 saturated heterocycles. The lowest BCUT2D eigenvalue weighted by Gasteiger charge is -2.33. The molecule has 12 heteroatoms. The Morgan fingerprint density at radius 1 is 0.977 bits per heavy atom. The molecule has 3 aromatic carbocycles. The molecule has 0 aliphatic rings. The molecule has 0 spiro atoms. The largest absolute Gasteiger partial charge is 0.416 e. The molecule has 2 amide bonds. The molecule has 3 aromatic rings. The van der Waals surface area contributed by atoms with E-state index in [0.717, 1.165) is 30.5 Å². The molecule has 0 unspecified atom stereocenters. The van der Waals surface area contributed by atoms with E-state index in [1.807, 2.05) is 26.0 Å². The standard InChI is InChI=1S/C31H35ClF3N3O4S/c1-4-6-18-36-30(40)27(5-2)37(20-23-14-12-22(3)13-15-23)29(39)21-38(43(41,42)25-10-8-7-9-11-25)28-19-24(31(33,34)35)16-17-26(28)32/h7-17,19,27H,4-6,18,20-21H2,1-3H3,(H,36,40)/t27-/m1/s1. The van der Waals surface area contributed by atoms with Crippen LogP contribution in [0.25, 0.3) is 0 Å². The first-order chi connectivity index (χ1) is 20.3. The Balaban J connectivity index is 2.12. The third-order valence-electron chi connectivity index (χ3n) is 6.84. The molecule has 1 N–H and O–H groups in total. The average molecular weight is 638 g/mol. The molecule has 0 saturated carbocycles. The number of unbranched alkanes of at least 4 members (excludes halogenated alkanes) is 1. The first kappa shape index (κ1) is 33.9. The smallest absolute Gasteiger partial charge is 0.354 e. The second-order valence-corrected chi connectivity index (χ2v) is 12.3. The van der Waals surface area contributed by atoms with E-state index >= 15 is 0 Å². The van der Waals surface area contributed by atoms with Crippen molar-refractivity contribution in [2.75, 3.05) is 17.4 Å². The number of hydrogen-bond acceptors (Lipinski definition) is 4. The summed E-state index contributed by atoms with van der Waals surface area (Å²) in [5.41, 5.74) is 0.0221. The molecule has 1 atom stereocenters. The molecule has 7 nitrogen and oxygen atoms in total. The van der Waals surface area contributed by atoms with Gasteiger partial charge in [0.2, 0.25) is 11.8 Å². The Morgan fingerprint density at radius 2 is 1.63 bits per heavy atom. The molecule has 0 aromatic heterocycles. The lowest BCUT2D eigenvalue weighted by molar-refractivity contribution is -0.140. The number of aryl methyl sites for hydroxylation is 1. The van der Waals surface area contributed by atoms with Crippen LogP contribution >= 0.6 is 11.6 Å². The van der Waals surface area contributed by atoms with E-state index in [1.54, 1.807) is 25.1 Å². The van der Waals surface area contributed by atoms with Gasteiger partial charge in [0.25, 0.3) is 10.0 Å². The first-order valence-corrected chi connectivity index (χ1v) is 15.7. The van der Waals surface area contributed by atoms with Crippen molar-refractivity contribution in [2.24, 2.45) is 0 Å². The van der Waals surface area contributed by atoms with E-state index in [-0.39, 0.29) is 22.9 Å². The third kappa shape index (κ3) is 8.73. The highest BCUT2D eigenvalue weighted by Gasteiger charge is 2.37. The van der Waals surface area contributed by atoms with Gasteiger partial charge >= 0.3 is 6.18 Å². The van der Waals surface area contributed by atoms with Crippen molar-refractivity contribution >= 4 is 39.1 Å². The Morgan fingerprint density at radius 3 is 2.21 bits per heavy atom. The number of nitrogens with one attached hydrogen (secondary N) is 1. The molecule has 0 bridgehead atoms. The summed E-state index contributed by atoms with van der Waals surface area (Å²) in [4.78, 5) is 28.3. The predicted octanol–water partition coefficient (Wildman–Crippen LogP) is 6.59. The minimum Gasteiger partial charge on any atom is -0.354 e. The number of sulfonamides is 1. The van der Waals surface area contributed by atoms with E-state index in [0.29, 0.717) is 22.5 Å². The fourth-order valence-electron chi connectivity index (χ4n) is 4.43. The van der Waals surface area contributed by atoms with Crippen LogP contribution in [0.15, 0.2) is 77.7 Å². The van der Waals surface area contributed by atoms with E-state index in [1.165, 1.54) is 29.2 Å². The van der Waals surface area contributed by atoms with Crippen molar-refractivity contribution in [3.05, 3.63) is 94.5 Å². The maximum atomic E-state index is 14.1. The Hall–Kier alpha value is -3.57. The molecule has 3 rings (SSSR count). The summed E-state index contributed by atoms with van der Waals surface area (Å²) in [5, 5.41) is 2.53. The monoisotopic (exact) mass is 637 g/mol. The first-order valence-electron chi connectivity index (χ1n) is 13.9. The SMILES string of the molecule is CCCCNC(=O)[C@@H](CC)N(Cc1ccc(C)cc1)C(=O)CN(c1cc(C(F)(F)F)ccc1Cl)S(=O)(=O)c1ccccc1. The normalized spacial score (nSPS) is 12.4. The van der Waals surface area contributed by atoms with E-state index in [4.69, 9.17) is 11.6 Å². The minimum atomic E-state index is -4.80. The van der Waals surface area contributed by atoms with Crippen molar-refractivity contribution in [1.29, 1.82) is 0 Å². The zero-order valence-electron chi connectivity index (χ0n) is 24.2. The summed E-state index contributed by atoms with van der Waals surface area (Å²) < 4.78 is 69.4. The minimum absolute atomic E-state index is 0.0334. The van der Waals surface area contributed by atoms with Crippen LogP contribution in [0.2, 0.25) is 5.02 Å². The highest BCUT2D eigenvalue weighted by atomic mass is 35.5. The number of rotatable bonds is 13. The van der Waals surface area contributed by atoms with Gasteiger partial charge in [-0.1, -0.05) is 79.9 Å². The van der Waals surface area contributed by atoms with Crippen molar-refractivity contribution < 1.29 is 31.2 Å². The van der Waals surface area contributed by atoms with E-state index < -0.39 is 51.9 Å². The van der Waals surface area contributed by atoms with Crippen LogP contribution in [-0.2, 0) is 32.3 Å². The van der Waals surface area contributed by atoms with Gasteiger partial charge in [0.1, 0.15) is 12.6 Å². The van der Waals surface area contributed by atoms with Crippen LogP contribution in [-0.4, -0.2) is 44.3 Å². The number of nitrogens with zero attached hydrogens (tertiary/aromatic N) is 2. The molecular weight excluding hydrogens is 603 g/mol. The molecule has 0 radical (unpaired) electrons. The number of amides is 2. The molecule has 232 valence electrons. The van der Waals surface area contributed by atoms with Crippen LogP contribution in [0.3, 0.4) is 0 Å². The van der Waals surface area contributed by atoms with Crippen molar-refractivity contribution in [1.82, 2.24) is 10.2 Å². The summed E-state index contributed by atoms with van der Waals surface area (Å²) in [6.07, 6.45) is -3.02. The molecular formula is C31H35ClF3N3O4S. The number of carbonyl (C=O) groups excluding carboxylic acids is 2. The number of benzene rings is 3. The number of alkyl halides is 3. The van der Waals surface area contributed by atoms with Gasteiger partial charge in [-0.15, -0.1) is 0 Å². The van der Waals surface area contributed by atoms with Gasteiger partial charge in [-0.2, -0.15) is 13.2 Å². The average Bonchev–Trinajstić information content (AvgIpc) is 2.97. The van der Waals surface area contributed by atoms with Crippen LogP contribution in [0.1, 0.15) is 49.8 Å². The number of halogens is 4. The number of anilines is 1. The second kappa shape index (κ2) is 14.7. The van der Waals surface area contributed by atoms with E-state index in [2.05, 4.69) is 5.32 Å². The van der Waals surface area contributed by atoms with Gasteiger partial charge in [0, 0.05) is 13.1 Å². The zero-order chi connectivity index (χ0) is 31.8. The molecule has 0 aliphatic heterocycles. The van der Waals surface area contributed by atoms with Crippen LogP contribution in [0, 0.1) is 6.92 Å². The van der Waals surface area contributed by atoms with Crippen LogP contribution in [0.4, 0.5) is 18.9 Å². The quantitative estimate of drug-likeness (QED) is 0.214. The lowest BCUT2D eigenvalue weighted by atomic mass is 10.1. The van der Waals surface area contributed by atoms with Crippen LogP contribution < -0.4 is 9.62 Å². The fraction of sp³-hybridized carbons (Fsp3) is 0.355. The predicted molar refractivity (Wildman–Crippen MR) is 161 cm³/mol. The summed E-state index contributed by atoms with van der Waals surface area (Å²) in [6.45, 7) is 5.05. The van der Waals surface area contributed by atoms with Gasteiger partial charge in [-0.05, 0) is 55.7 Å². The van der Waals surface area contributed by atoms with Gasteiger partial charge in [0.05, 0.1) is 21.2 Å². The van der Waals surface area contributed by atoms with Gasteiger partial charge in [0.15, 0.2) is 0 Å². The second-order valence-electron chi connectivity index (χ2n) is 10.1. The Kier molecular flexibility index (Phi) is 11.6. The highest BCUT2D eigenvalue weighted by molar-refractivity contribution is 7.92. The number of hydrogen-bond donors (Lipinski definition) is 1. The Bertz CT molecular complexity index is 1500. The fourth-order valence-corrected chi connectivity index (χ4v) is 6.14. The third-order valence-corrected chi connectivity index (χ3v) is 8.93. The van der Waals surface area contributed by atoms with Gasteiger partial charge in [-0.3, -0.25) is 13.9 Å².